The monoisotopic (exact) mass is 341 g/mol. The molecule has 0 heterocycles. The largest absolute Gasteiger partial charge is 0.493 e. The maximum Gasteiger partial charge on any atom is 0.240 e. The van der Waals surface area contributed by atoms with Gasteiger partial charge in [0, 0.05) is 12.8 Å². The van der Waals surface area contributed by atoms with Crippen molar-refractivity contribution in [2.24, 2.45) is 0 Å². The van der Waals surface area contributed by atoms with Crippen LogP contribution in [0.2, 0.25) is 0 Å². The Bertz CT molecular complexity index is 678. The highest BCUT2D eigenvalue weighted by Gasteiger charge is 2.37. The van der Waals surface area contributed by atoms with Crippen LogP contribution in [0.15, 0.2) is 12.1 Å². The van der Waals surface area contributed by atoms with Gasteiger partial charge in [0.15, 0.2) is 9.84 Å². The number of nitrogens with one attached hydrogen (secondary N) is 1. The predicted octanol–water partition coefficient (Wildman–Crippen LogP) is 2.32. The molecule has 0 aliphatic heterocycles. The first-order valence-electron chi connectivity index (χ1n) is 7.65. The Balaban J connectivity index is 2.47. The summed E-state index contributed by atoms with van der Waals surface area (Å²) in [6.07, 6.45) is 1.68. The Hall–Kier alpha value is -1.56. The quantitative estimate of drug-likeness (QED) is 0.773. The highest BCUT2D eigenvalue weighted by atomic mass is 32.2. The summed E-state index contributed by atoms with van der Waals surface area (Å²) in [7, 11) is -3.45. The van der Waals surface area contributed by atoms with E-state index in [1.165, 1.54) is 19.4 Å². The number of hydrogen-bond donors (Lipinski definition) is 1. The molecule has 6 heteroatoms. The summed E-state index contributed by atoms with van der Waals surface area (Å²) in [6.45, 7) is 9.74. The minimum absolute atomic E-state index is 0.377. The van der Waals surface area contributed by atoms with Gasteiger partial charge in [-0.1, -0.05) is 6.07 Å². The van der Waals surface area contributed by atoms with Crippen LogP contribution >= 0.6 is 0 Å². The topological polar surface area (TPSA) is 72.5 Å². The van der Waals surface area contributed by atoms with Gasteiger partial charge in [0.1, 0.15) is 10.5 Å². The zero-order valence-electron chi connectivity index (χ0n) is 14.8. The van der Waals surface area contributed by atoms with Crippen molar-refractivity contribution in [3.05, 3.63) is 28.8 Å². The average Bonchev–Trinajstić information content (AvgIpc) is 2.41. The van der Waals surface area contributed by atoms with Crippen molar-refractivity contribution in [1.82, 2.24) is 5.32 Å². The minimum Gasteiger partial charge on any atom is -0.493 e. The number of sulfone groups is 1. The number of amides is 1. The third kappa shape index (κ3) is 4.96. The van der Waals surface area contributed by atoms with E-state index in [2.05, 4.69) is 11.4 Å². The molecule has 1 aromatic rings. The van der Waals surface area contributed by atoms with Gasteiger partial charge in [0.25, 0.3) is 0 Å². The molecule has 0 radical (unpaired) electrons. The third-order valence-corrected chi connectivity index (χ3v) is 6.14. The number of ether oxygens (including phenoxy) is 1. The first kappa shape index (κ1) is 19.5. The molecule has 0 bridgehead atoms. The van der Waals surface area contributed by atoms with E-state index in [-0.39, 0.29) is 0 Å². The smallest absolute Gasteiger partial charge is 0.240 e. The molecule has 0 saturated carbocycles. The van der Waals surface area contributed by atoms with Crippen molar-refractivity contribution < 1.29 is 17.9 Å². The summed E-state index contributed by atoms with van der Waals surface area (Å²) in [5.74, 6) is 0.368. The number of hydrogen-bond acceptors (Lipinski definition) is 4. The van der Waals surface area contributed by atoms with E-state index in [0.717, 1.165) is 23.1 Å². The van der Waals surface area contributed by atoms with Crippen LogP contribution in [0.5, 0.6) is 5.75 Å². The first-order valence-corrected chi connectivity index (χ1v) is 9.54. The standard InChI is InChI=1S/C17H27NO4S/c1-12-10-13(2)14(3)15(11-12)22-9-7-8-18-16(19)17(4,5)23(6,20)21/h10-11H,7-9H2,1-6H3,(H,18,19). The van der Waals surface area contributed by atoms with Crippen LogP contribution in [-0.2, 0) is 14.6 Å². The van der Waals surface area contributed by atoms with Crippen LogP contribution in [0.1, 0.15) is 37.0 Å². The number of carbonyl (C=O) groups excluding carboxylic acids is 1. The first-order chi connectivity index (χ1) is 10.5. The van der Waals surface area contributed by atoms with Gasteiger partial charge in [0.2, 0.25) is 5.91 Å². The van der Waals surface area contributed by atoms with Crippen LogP contribution in [0, 0.1) is 20.8 Å². The Morgan fingerprint density at radius 2 is 1.83 bits per heavy atom. The van der Waals surface area contributed by atoms with Gasteiger partial charge in [-0.15, -0.1) is 0 Å². The van der Waals surface area contributed by atoms with Gasteiger partial charge < -0.3 is 10.1 Å². The highest BCUT2D eigenvalue weighted by Crippen LogP contribution is 2.23. The summed E-state index contributed by atoms with van der Waals surface area (Å²) >= 11 is 0. The fourth-order valence-electron chi connectivity index (χ4n) is 1.99. The highest BCUT2D eigenvalue weighted by molar-refractivity contribution is 7.92. The zero-order valence-corrected chi connectivity index (χ0v) is 15.6. The lowest BCUT2D eigenvalue weighted by Crippen LogP contribution is -2.47. The molecule has 1 rings (SSSR count). The van der Waals surface area contributed by atoms with Crippen LogP contribution in [0.25, 0.3) is 0 Å². The molecule has 0 saturated heterocycles. The minimum atomic E-state index is -3.45. The average molecular weight is 341 g/mol. The molecule has 0 aliphatic carbocycles. The van der Waals surface area contributed by atoms with Crippen LogP contribution in [0.4, 0.5) is 0 Å². The maximum absolute atomic E-state index is 12.0. The van der Waals surface area contributed by atoms with Crippen molar-refractivity contribution >= 4 is 15.7 Å². The lowest BCUT2D eigenvalue weighted by atomic mass is 10.1. The van der Waals surface area contributed by atoms with E-state index in [9.17, 15) is 13.2 Å². The molecule has 0 spiro atoms. The second kappa shape index (κ2) is 7.34. The number of aryl methyl sites for hydroxylation is 2. The van der Waals surface area contributed by atoms with Gasteiger partial charge in [-0.2, -0.15) is 0 Å². The van der Waals surface area contributed by atoms with Crippen molar-refractivity contribution in [3.8, 4) is 5.75 Å². The van der Waals surface area contributed by atoms with Crippen molar-refractivity contribution in [3.63, 3.8) is 0 Å². The fraction of sp³-hybridized carbons (Fsp3) is 0.588. The number of benzene rings is 1. The summed E-state index contributed by atoms with van der Waals surface area (Å²) in [5, 5.41) is 2.66. The summed E-state index contributed by atoms with van der Waals surface area (Å²) in [6, 6.07) is 4.10. The Morgan fingerprint density at radius 1 is 1.22 bits per heavy atom. The normalized spacial score (nSPS) is 12.1. The molecule has 1 aromatic carbocycles. The Morgan fingerprint density at radius 3 is 2.39 bits per heavy atom. The molecule has 0 unspecified atom stereocenters. The second-order valence-electron chi connectivity index (χ2n) is 6.45. The molecule has 0 aromatic heterocycles. The van der Waals surface area contributed by atoms with Gasteiger partial charge >= 0.3 is 0 Å². The van der Waals surface area contributed by atoms with Gasteiger partial charge in [-0.3, -0.25) is 4.79 Å². The van der Waals surface area contributed by atoms with E-state index in [1.54, 1.807) is 0 Å². The molecular formula is C17H27NO4S. The summed E-state index contributed by atoms with van der Waals surface area (Å²) in [4.78, 5) is 12.0. The predicted molar refractivity (Wildman–Crippen MR) is 92.7 cm³/mol. The molecule has 1 amide bonds. The van der Waals surface area contributed by atoms with Gasteiger partial charge in [-0.05, 0) is 63.8 Å². The number of carbonyl (C=O) groups is 1. The van der Waals surface area contributed by atoms with E-state index in [4.69, 9.17) is 4.74 Å². The fourth-order valence-corrected chi connectivity index (χ4v) is 2.40. The van der Waals surface area contributed by atoms with Gasteiger partial charge in [0.05, 0.1) is 6.61 Å². The second-order valence-corrected chi connectivity index (χ2v) is 9.01. The van der Waals surface area contributed by atoms with E-state index in [0.29, 0.717) is 19.6 Å². The van der Waals surface area contributed by atoms with E-state index < -0.39 is 20.5 Å². The van der Waals surface area contributed by atoms with Crippen LogP contribution < -0.4 is 10.1 Å². The zero-order chi connectivity index (χ0) is 17.8. The van der Waals surface area contributed by atoms with Crippen molar-refractivity contribution in [2.75, 3.05) is 19.4 Å². The lowest BCUT2D eigenvalue weighted by Gasteiger charge is -2.21. The third-order valence-electron chi connectivity index (χ3n) is 4.10. The summed E-state index contributed by atoms with van der Waals surface area (Å²) < 4.78 is 27.5. The molecule has 23 heavy (non-hydrogen) atoms. The van der Waals surface area contributed by atoms with Crippen LogP contribution in [0.3, 0.4) is 0 Å². The molecule has 1 N–H and O–H groups in total. The Labute approximate surface area is 139 Å². The van der Waals surface area contributed by atoms with Crippen molar-refractivity contribution in [2.45, 2.75) is 45.8 Å². The maximum atomic E-state index is 12.0. The molecule has 0 atom stereocenters. The van der Waals surface area contributed by atoms with E-state index in [1.807, 2.05) is 26.8 Å². The summed E-state index contributed by atoms with van der Waals surface area (Å²) in [5.41, 5.74) is 3.44. The molecule has 0 aliphatic rings. The molecule has 130 valence electrons. The van der Waals surface area contributed by atoms with Crippen LogP contribution in [-0.4, -0.2) is 38.5 Å². The molecule has 5 nitrogen and oxygen atoms in total. The SMILES string of the molecule is Cc1cc(C)c(C)c(OCCCNC(=O)C(C)(C)S(C)(=O)=O)c1. The molecule has 0 fully saturated rings. The van der Waals surface area contributed by atoms with E-state index >= 15 is 0 Å². The molecular weight excluding hydrogens is 314 g/mol. The number of rotatable bonds is 7. The van der Waals surface area contributed by atoms with Crippen molar-refractivity contribution in [1.29, 1.82) is 0 Å². The lowest BCUT2D eigenvalue weighted by molar-refractivity contribution is -0.122. The Kier molecular flexibility index (Phi) is 6.22. The van der Waals surface area contributed by atoms with Gasteiger partial charge in [-0.25, -0.2) is 8.42 Å².